The van der Waals surface area contributed by atoms with Crippen molar-refractivity contribution >= 4 is 11.7 Å². The summed E-state index contributed by atoms with van der Waals surface area (Å²) in [6.07, 6.45) is 2.44. The van der Waals surface area contributed by atoms with E-state index in [9.17, 15) is 4.79 Å². The Bertz CT molecular complexity index is 905. The summed E-state index contributed by atoms with van der Waals surface area (Å²) >= 11 is 0. The molecule has 6 heteroatoms. The molecule has 1 aliphatic heterocycles. The van der Waals surface area contributed by atoms with Gasteiger partial charge in [0.05, 0.1) is 30.5 Å². The molecule has 0 saturated carbocycles. The van der Waals surface area contributed by atoms with Crippen molar-refractivity contribution in [2.45, 2.75) is 32.5 Å². The third-order valence-corrected chi connectivity index (χ3v) is 4.61. The second-order valence-corrected chi connectivity index (χ2v) is 6.32. The Morgan fingerprint density at radius 1 is 1.23 bits per heavy atom. The number of amides is 1. The van der Waals surface area contributed by atoms with Gasteiger partial charge in [0.25, 0.3) is 5.91 Å². The molecule has 0 spiro atoms. The molecule has 2 N–H and O–H groups in total. The van der Waals surface area contributed by atoms with E-state index in [-0.39, 0.29) is 11.9 Å². The van der Waals surface area contributed by atoms with Crippen LogP contribution in [0, 0.1) is 0 Å². The van der Waals surface area contributed by atoms with Crippen LogP contribution >= 0.6 is 0 Å². The van der Waals surface area contributed by atoms with Crippen LogP contribution < -0.4 is 10.6 Å². The highest BCUT2D eigenvalue weighted by Gasteiger charge is 2.30. The van der Waals surface area contributed by atoms with Crippen LogP contribution in [0.25, 0.3) is 0 Å². The van der Waals surface area contributed by atoms with Crippen LogP contribution in [0.1, 0.15) is 40.3 Å². The summed E-state index contributed by atoms with van der Waals surface area (Å²) in [5.74, 6) is 0.684. The number of carbonyl (C=O) groups is 1. The van der Waals surface area contributed by atoms with E-state index >= 15 is 0 Å². The third kappa shape index (κ3) is 3.06. The van der Waals surface area contributed by atoms with Crippen LogP contribution in [-0.2, 0) is 19.5 Å². The minimum absolute atomic E-state index is 0.116. The Labute approximate surface area is 152 Å². The SMILES string of the molecule is CCc1nn2c(c1C(=O)NCc1ccccn1)N[C@H](c1ccccc1)C2. The van der Waals surface area contributed by atoms with Crippen molar-refractivity contribution < 1.29 is 4.79 Å². The number of aryl methyl sites for hydroxylation is 1. The monoisotopic (exact) mass is 347 g/mol. The van der Waals surface area contributed by atoms with Gasteiger partial charge in [-0.3, -0.25) is 9.78 Å². The van der Waals surface area contributed by atoms with E-state index in [1.165, 1.54) is 5.56 Å². The summed E-state index contributed by atoms with van der Waals surface area (Å²) < 4.78 is 1.91. The number of rotatable bonds is 5. The Kier molecular flexibility index (Phi) is 4.39. The Morgan fingerprint density at radius 3 is 2.77 bits per heavy atom. The van der Waals surface area contributed by atoms with Crippen molar-refractivity contribution in [1.29, 1.82) is 0 Å². The average molecular weight is 347 g/mol. The second kappa shape index (κ2) is 7.00. The van der Waals surface area contributed by atoms with Gasteiger partial charge >= 0.3 is 0 Å². The fourth-order valence-electron chi connectivity index (χ4n) is 3.30. The van der Waals surface area contributed by atoms with E-state index in [0.717, 1.165) is 23.8 Å². The minimum atomic E-state index is -0.116. The number of anilines is 1. The standard InChI is InChI=1S/C20H21N5O/c1-2-16-18(20(26)22-12-15-10-6-7-11-21-15)19-23-17(13-25(19)24-16)14-8-4-3-5-9-14/h3-11,17,23H,2,12-13H2,1H3,(H,22,26)/t17-/m0/s1. The molecule has 4 rings (SSSR count). The summed E-state index contributed by atoms with van der Waals surface area (Å²) in [6, 6.07) is 16.0. The molecule has 1 atom stereocenters. The summed E-state index contributed by atoms with van der Waals surface area (Å²) in [5, 5.41) is 11.1. The van der Waals surface area contributed by atoms with Gasteiger partial charge in [-0.05, 0) is 24.1 Å². The lowest BCUT2D eigenvalue weighted by atomic mass is 10.1. The molecule has 3 heterocycles. The molecule has 1 aliphatic rings. The first-order valence-electron chi connectivity index (χ1n) is 8.85. The maximum absolute atomic E-state index is 12.8. The molecular formula is C20H21N5O. The van der Waals surface area contributed by atoms with Crippen molar-refractivity contribution in [2.24, 2.45) is 0 Å². The smallest absolute Gasteiger partial charge is 0.257 e. The van der Waals surface area contributed by atoms with Gasteiger partial charge in [0.1, 0.15) is 11.4 Å². The fraction of sp³-hybridized carbons (Fsp3) is 0.250. The van der Waals surface area contributed by atoms with Gasteiger partial charge < -0.3 is 10.6 Å². The van der Waals surface area contributed by atoms with Gasteiger partial charge in [-0.1, -0.05) is 43.3 Å². The highest BCUT2D eigenvalue weighted by atomic mass is 16.1. The number of pyridine rings is 1. The molecule has 1 amide bonds. The van der Waals surface area contributed by atoms with Gasteiger partial charge in [0, 0.05) is 6.20 Å². The maximum atomic E-state index is 12.8. The first-order valence-corrected chi connectivity index (χ1v) is 8.85. The normalized spacial score (nSPS) is 15.3. The van der Waals surface area contributed by atoms with Crippen molar-refractivity contribution in [3.05, 3.63) is 77.2 Å². The van der Waals surface area contributed by atoms with Crippen LogP contribution in [0.5, 0.6) is 0 Å². The van der Waals surface area contributed by atoms with Crippen molar-refractivity contribution in [3.63, 3.8) is 0 Å². The van der Waals surface area contributed by atoms with Crippen LogP contribution in [0.4, 0.5) is 5.82 Å². The molecule has 3 aromatic rings. The van der Waals surface area contributed by atoms with Crippen molar-refractivity contribution in [2.75, 3.05) is 5.32 Å². The number of fused-ring (bicyclic) bond motifs is 1. The first-order chi connectivity index (χ1) is 12.8. The fourth-order valence-corrected chi connectivity index (χ4v) is 3.30. The lowest BCUT2D eigenvalue weighted by Gasteiger charge is -2.12. The summed E-state index contributed by atoms with van der Waals surface area (Å²) in [5.41, 5.74) is 3.48. The van der Waals surface area contributed by atoms with Gasteiger partial charge in [-0.2, -0.15) is 5.10 Å². The van der Waals surface area contributed by atoms with E-state index < -0.39 is 0 Å². The zero-order valence-electron chi connectivity index (χ0n) is 14.6. The van der Waals surface area contributed by atoms with E-state index in [2.05, 4.69) is 32.8 Å². The van der Waals surface area contributed by atoms with E-state index in [1.54, 1.807) is 6.20 Å². The average Bonchev–Trinajstić information content (AvgIpc) is 3.25. The molecule has 1 aromatic carbocycles. The van der Waals surface area contributed by atoms with Crippen LogP contribution in [-0.4, -0.2) is 20.7 Å². The molecule has 0 aliphatic carbocycles. The van der Waals surface area contributed by atoms with Crippen LogP contribution in [0.15, 0.2) is 54.7 Å². The third-order valence-electron chi connectivity index (χ3n) is 4.61. The highest BCUT2D eigenvalue weighted by molar-refractivity contribution is 6.00. The van der Waals surface area contributed by atoms with Gasteiger partial charge in [-0.25, -0.2) is 4.68 Å². The number of carbonyl (C=O) groups excluding carboxylic acids is 1. The van der Waals surface area contributed by atoms with E-state index in [4.69, 9.17) is 0 Å². The van der Waals surface area contributed by atoms with E-state index in [0.29, 0.717) is 18.5 Å². The lowest BCUT2D eigenvalue weighted by Crippen LogP contribution is -2.25. The van der Waals surface area contributed by atoms with E-state index in [1.807, 2.05) is 48.0 Å². The zero-order chi connectivity index (χ0) is 17.9. The number of aromatic nitrogens is 3. The number of benzene rings is 1. The summed E-state index contributed by atoms with van der Waals surface area (Å²) in [4.78, 5) is 17.1. The Hall–Kier alpha value is -3.15. The molecular weight excluding hydrogens is 326 g/mol. The molecule has 0 saturated heterocycles. The van der Waals surface area contributed by atoms with Crippen molar-refractivity contribution in [3.8, 4) is 0 Å². The largest absolute Gasteiger partial charge is 0.361 e. The summed E-state index contributed by atoms with van der Waals surface area (Å²) in [7, 11) is 0. The zero-order valence-corrected chi connectivity index (χ0v) is 14.6. The molecule has 6 nitrogen and oxygen atoms in total. The number of nitrogens with zero attached hydrogens (tertiary/aromatic N) is 3. The molecule has 2 aromatic heterocycles. The highest BCUT2D eigenvalue weighted by Crippen LogP contribution is 2.33. The van der Waals surface area contributed by atoms with Crippen LogP contribution in [0.3, 0.4) is 0 Å². The Balaban J connectivity index is 1.55. The van der Waals surface area contributed by atoms with Crippen LogP contribution in [0.2, 0.25) is 0 Å². The Morgan fingerprint density at radius 2 is 2.04 bits per heavy atom. The molecule has 132 valence electrons. The van der Waals surface area contributed by atoms with Gasteiger partial charge in [0.15, 0.2) is 0 Å². The molecule has 0 bridgehead atoms. The second-order valence-electron chi connectivity index (χ2n) is 6.32. The molecule has 0 fully saturated rings. The predicted molar refractivity (Wildman–Crippen MR) is 99.8 cm³/mol. The topological polar surface area (TPSA) is 71.8 Å². The number of nitrogens with one attached hydrogen (secondary N) is 2. The van der Waals surface area contributed by atoms with Gasteiger partial charge in [0.2, 0.25) is 0 Å². The summed E-state index contributed by atoms with van der Waals surface area (Å²) in [6.45, 7) is 3.14. The maximum Gasteiger partial charge on any atom is 0.257 e. The number of hydrogen-bond acceptors (Lipinski definition) is 4. The van der Waals surface area contributed by atoms with Gasteiger partial charge in [-0.15, -0.1) is 0 Å². The molecule has 26 heavy (non-hydrogen) atoms. The predicted octanol–water partition coefficient (Wildman–Crippen LogP) is 2.94. The first kappa shape index (κ1) is 16.3. The quantitative estimate of drug-likeness (QED) is 0.744. The molecule has 0 radical (unpaired) electrons. The minimum Gasteiger partial charge on any atom is -0.361 e. The lowest BCUT2D eigenvalue weighted by molar-refractivity contribution is 0.0950. The molecule has 0 unspecified atom stereocenters. The van der Waals surface area contributed by atoms with Crippen molar-refractivity contribution in [1.82, 2.24) is 20.1 Å². The number of hydrogen-bond donors (Lipinski definition) is 2.